The molecular weight excluding hydrogens is 381 g/mol. The first-order chi connectivity index (χ1) is 12.1. The molecule has 0 atom stereocenters. The minimum absolute atomic E-state index is 0.378. The maximum absolute atomic E-state index is 5.99. The Morgan fingerprint density at radius 1 is 0.920 bits per heavy atom. The number of ether oxygens (including phenoxy) is 3. The van der Waals surface area contributed by atoms with E-state index in [1.165, 1.54) is 11.3 Å². The van der Waals surface area contributed by atoms with Crippen LogP contribution in [0.15, 0.2) is 48.7 Å². The van der Waals surface area contributed by atoms with E-state index in [0.29, 0.717) is 28.5 Å². The van der Waals surface area contributed by atoms with E-state index in [1.54, 1.807) is 25.4 Å². The van der Waals surface area contributed by atoms with E-state index in [0.717, 1.165) is 21.9 Å². The molecule has 1 aromatic heterocycles. The van der Waals surface area contributed by atoms with Crippen molar-refractivity contribution in [3.63, 3.8) is 0 Å². The molecule has 3 rings (SSSR count). The largest absolute Gasteiger partial charge is 0.497 e. The summed E-state index contributed by atoms with van der Waals surface area (Å²) in [4.78, 5) is 5.22. The van der Waals surface area contributed by atoms with Gasteiger partial charge in [0.2, 0.25) is 0 Å². The van der Waals surface area contributed by atoms with Crippen LogP contribution in [0.3, 0.4) is 0 Å². The number of hydrogen-bond acceptors (Lipinski definition) is 5. The van der Waals surface area contributed by atoms with Gasteiger partial charge < -0.3 is 14.2 Å². The van der Waals surface area contributed by atoms with Gasteiger partial charge in [0.1, 0.15) is 24.7 Å². The molecule has 0 spiro atoms. The highest BCUT2D eigenvalue weighted by Gasteiger charge is 2.06. The van der Waals surface area contributed by atoms with E-state index in [4.69, 9.17) is 37.4 Å². The van der Waals surface area contributed by atoms with Crippen LogP contribution in [0.25, 0.3) is 0 Å². The molecule has 0 bridgehead atoms. The van der Waals surface area contributed by atoms with Gasteiger partial charge in [-0.05, 0) is 42.0 Å². The first kappa shape index (κ1) is 17.9. The number of rotatable bonds is 7. The second-order valence-corrected chi connectivity index (χ2v) is 6.99. The van der Waals surface area contributed by atoms with Crippen LogP contribution in [0.4, 0.5) is 0 Å². The molecule has 0 radical (unpaired) electrons. The summed E-state index contributed by atoms with van der Waals surface area (Å²) in [5.74, 6) is 1.57. The molecule has 4 nitrogen and oxygen atoms in total. The maximum Gasteiger partial charge on any atom is 0.273 e. The van der Waals surface area contributed by atoms with Crippen LogP contribution in [-0.2, 0) is 13.2 Å². The highest BCUT2D eigenvalue weighted by Crippen LogP contribution is 2.26. The van der Waals surface area contributed by atoms with Gasteiger partial charge in [-0.1, -0.05) is 40.6 Å². The maximum atomic E-state index is 5.99. The zero-order valence-corrected chi connectivity index (χ0v) is 15.7. The molecule has 0 aliphatic heterocycles. The molecule has 25 heavy (non-hydrogen) atoms. The van der Waals surface area contributed by atoms with Gasteiger partial charge in [0.05, 0.1) is 22.0 Å². The van der Waals surface area contributed by atoms with Crippen molar-refractivity contribution < 1.29 is 14.2 Å². The molecule has 2 aromatic carbocycles. The lowest BCUT2D eigenvalue weighted by atomic mass is 10.2. The number of nitrogens with zero attached hydrogens (tertiary/aromatic N) is 1. The molecule has 3 aromatic rings. The standard InChI is InChI=1S/C18H15Cl2NO3S/c1-22-13-3-5-14(6-4-13)23-11-15-9-21-18(25-15)24-10-12-2-7-16(19)17(20)8-12/h2-9H,10-11H2,1H3. The average Bonchev–Trinajstić information content (AvgIpc) is 3.09. The van der Waals surface area contributed by atoms with Gasteiger partial charge in [-0.2, -0.15) is 0 Å². The van der Waals surface area contributed by atoms with Crippen LogP contribution in [0.2, 0.25) is 10.0 Å². The number of hydrogen-bond donors (Lipinski definition) is 0. The molecule has 0 N–H and O–H groups in total. The molecule has 0 saturated carbocycles. The number of thiazole rings is 1. The van der Waals surface area contributed by atoms with E-state index in [1.807, 2.05) is 30.3 Å². The second kappa shape index (κ2) is 8.43. The Kier molecular flexibility index (Phi) is 6.02. The molecule has 0 saturated heterocycles. The minimum Gasteiger partial charge on any atom is -0.497 e. The zero-order valence-electron chi connectivity index (χ0n) is 13.4. The fourth-order valence-electron chi connectivity index (χ4n) is 2.02. The summed E-state index contributed by atoms with van der Waals surface area (Å²) in [6.45, 7) is 0.809. The van der Waals surface area contributed by atoms with E-state index < -0.39 is 0 Å². The van der Waals surface area contributed by atoms with E-state index in [9.17, 15) is 0 Å². The predicted octanol–water partition coefficient (Wildman–Crippen LogP) is 5.62. The van der Waals surface area contributed by atoms with Gasteiger partial charge >= 0.3 is 0 Å². The van der Waals surface area contributed by atoms with Crippen molar-refractivity contribution in [3.05, 3.63) is 69.1 Å². The Morgan fingerprint density at radius 3 is 2.40 bits per heavy atom. The SMILES string of the molecule is COc1ccc(OCc2cnc(OCc3ccc(Cl)c(Cl)c3)s2)cc1. The summed E-state index contributed by atoms with van der Waals surface area (Å²) >= 11 is 13.3. The zero-order chi connectivity index (χ0) is 17.6. The van der Waals surface area contributed by atoms with Crippen LogP contribution in [0.5, 0.6) is 16.7 Å². The van der Waals surface area contributed by atoms with Crippen molar-refractivity contribution in [3.8, 4) is 16.7 Å². The van der Waals surface area contributed by atoms with Crippen LogP contribution >= 0.6 is 34.5 Å². The predicted molar refractivity (Wildman–Crippen MR) is 100 cm³/mol. The summed E-state index contributed by atoms with van der Waals surface area (Å²) in [5.41, 5.74) is 0.931. The van der Waals surface area contributed by atoms with E-state index in [-0.39, 0.29) is 0 Å². The van der Waals surface area contributed by atoms with Gasteiger partial charge in [-0.15, -0.1) is 0 Å². The van der Waals surface area contributed by atoms with Gasteiger partial charge in [-0.25, -0.2) is 4.98 Å². The van der Waals surface area contributed by atoms with E-state index in [2.05, 4.69) is 4.98 Å². The first-order valence-corrected chi connectivity index (χ1v) is 8.99. The fourth-order valence-corrected chi connectivity index (χ4v) is 3.02. The summed E-state index contributed by atoms with van der Waals surface area (Å²) in [7, 11) is 1.63. The Bertz CT molecular complexity index is 837. The van der Waals surface area contributed by atoms with Crippen LogP contribution in [-0.4, -0.2) is 12.1 Å². The average molecular weight is 396 g/mol. The summed E-state index contributed by atoms with van der Waals surface area (Å²) < 4.78 is 16.5. The van der Waals surface area contributed by atoms with Crippen molar-refractivity contribution in [2.75, 3.05) is 7.11 Å². The number of benzene rings is 2. The van der Waals surface area contributed by atoms with Crippen molar-refractivity contribution in [1.82, 2.24) is 4.98 Å². The quantitative estimate of drug-likeness (QED) is 0.520. The van der Waals surface area contributed by atoms with Crippen LogP contribution < -0.4 is 14.2 Å². The molecule has 0 aliphatic carbocycles. The normalized spacial score (nSPS) is 10.5. The highest BCUT2D eigenvalue weighted by atomic mass is 35.5. The Labute approximate surface area is 159 Å². The number of aromatic nitrogens is 1. The van der Waals surface area contributed by atoms with Crippen molar-refractivity contribution >= 4 is 34.5 Å². The molecule has 0 aliphatic rings. The third kappa shape index (κ3) is 5.01. The van der Waals surface area contributed by atoms with Gasteiger partial charge in [0.15, 0.2) is 0 Å². The molecule has 1 heterocycles. The molecular formula is C18H15Cl2NO3S. The van der Waals surface area contributed by atoms with Crippen LogP contribution in [0, 0.1) is 0 Å². The lowest BCUT2D eigenvalue weighted by Crippen LogP contribution is -1.94. The number of halogens is 2. The van der Waals surface area contributed by atoms with Crippen molar-refractivity contribution in [2.45, 2.75) is 13.2 Å². The first-order valence-electron chi connectivity index (χ1n) is 7.42. The molecule has 0 fully saturated rings. The lowest BCUT2D eigenvalue weighted by molar-refractivity contribution is 0.304. The van der Waals surface area contributed by atoms with Crippen LogP contribution in [0.1, 0.15) is 10.4 Å². The molecule has 7 heteroatoms. The highest BCUT2D eigenvalue weighted by molar-refractivity contribution is 7.13. The Balaban J connectivity index is 1.52. The smallest absolute Gasteiger partial charge is 0.273 e. The summed E-state index contributed by atoms with van der Waals surface area (Å²) in [6.07, 6.45) is 1.75. The topological polar surface area (TPSA) is 40.6 Å². The Morgan fingerprint density at radius 2 is 1.68 bits per heavy atom. The van der Waals surface area contributed by atoms with Crippen molar-refractivity contribution in [1.29, 1.82) is 0 Å². The summed E-state index contributed by atoms with van der Waals surface area (Å²) in [6, 6.07) is 12.8. The minimum atomic E-state index is 0.378. The van der Waals surface area contributed by atoms with Gasteiger partial charge in [-0.3, -0.25) is 0 Å². The number of methoxy groups -OCH3 is 1. The van der Waals surface area contributed by atoms with Crippen molar-refractivity contribution in [2.24, 2.45) is 0 Å². The monoisotopic (exact) mass is 395 g/mol. The summed E-state index contributed by atoms with van der Waals surface area (Å²) in [5, 5.41) is 1.62. The lowest BCUT2D eigenvalue weighted by Gasteiger charge is -2.05. The van der Waals surface area contributed by atoms with Gasteiger partial charge in [0, 0.05) is 6.20 Å². The third-order valence-corrected chi connectivity index (χ3v) is 4.94. The molecule has 0 unspecified atom stereocenters. The Hall–Kier alpha value is -1.95. The van der Waals surface area contributed by atoms with E-state index >= 15 is 0 Å². The second-order valence-electron chi connectivity index (χ2n) is 5.09. The van der Waals surface area contributed by atoms with Gasteiger partial charge in [0.25, 0.3) is 5.19 Å². The molecule has 0 amide bonds. The molecule has 130 valence electrons. The third-order valence-electron chi connectivity index (χ3n) is 3.32. The fraction of sp³-hybridized carbons (Fsp3) is 0.167.